The summed E-state index contributed by atoms with van der Waals surface area (Å²) < 4.78 is 1.69. The van der Waals surface area contributed by atoms with Crippen LogP contribution in [0, 0.1) is 0 Å². The number of nitrogens with zero attached hydrogens (tertiary/aromatic N) is 4. The summed E-state index contributed by atoms with van der Waals surface area (Å²) in [5.41, 5.74) is 2.32. The van der Waals surface area contributed by atoms with E-state index >= 15 is 0 Å². The van der Waals surface area contributed by atoms with Gasteiger partial charge in [0.15, 0.2) is 0 Å². The number of rotatable bonds is 6. The first-order valence-corrected chi connectivity index (χ1v) is 8.51. The molecule has 27 heavy (non-hydrogen) atoms. The molecule has 8 nitrogen and oxygen atoms in total. The molecule has 2 aromatic heterocycles. The second-order valence-corrected chi connectivity index (χ2v) is 6.30. The zero-order valence-electron chi connectivity index (χ0n) is 15.1. The van der Waals surface area contributed by atoms with Gasteiger partial charge in [-0.3, -0.25) is 19.3 Å². The molecule has 2 N–H and O–H groups in total. The van der Waals surface area contributed by atoms with E-state index in [1.807, 2.05) is 32.0 Å². The van der Waals surface area contributed by atoms with E-state index in [4.69, 9.17) is 0 Å². The molecule has 0 saturated carbocycles. The van der Waals surface area contributed by atoms with Gasteiger partial charge in [-0.05, 0) is 31.5 Å². The highest BCUT2D eigenvalue weighted by molar-refractivity contribution is 6.02. The molecule has 2 amide bonds. The van der Waals surface area contributed by atoms with Crippen molar-refractivity contribution in [2.45, 2.75) is 26.4 Å². The third-order valence-corrected chi connectivity index (χ3v) is 3.64. The van der Waals surface area contributed by atoms with Crippen LogP contribution in [0.4, 0.5) is 5.69 Å². The van der Waals surface area contributed by atoms with Crippen LogP contribution < -0.4 is 10.6 Å². The molecule has 138 valence electrons. The van der Waals surface area contributed by atoms with Crippen molar-refractivity contribution in [1.82, 2.24) is 25.1 Å². The van der Waals surface area contributed by atoms with E-state index in [1.54, 1.807) is 23.1 Å². The van der Waals surface area contributed by atoms with Crippen molar-refractivity contribution in [2.24, 2.45) is 0 Å². The van der Waals surface area contributed by atoms with Gasteiger partial charge in [-0.15, -0.1) is 0 Å². The Morgan fingerprint density at radius 2 is 2.00 bits per heavy atom. The van der Waals surface area contributed by atoms with Gasteiger partial charge in [0, 0.05) is 30.2 Å². The highest BCUT2D eigenvalue weighted by Crippen LogP contribution is 2.11. The summed E-state index contributed by atoms with van der Waals surface area (Å²) >= 11 is 0. The smallest absolute Gasteiger partial charge is 0.275 e. The molecule has 0 fully saturated rings. The molecule has 0 spiro atoms. The van der Waals surface area contributed by atoms with Crippen molar-refractivity contribution in [2.75, 3.05) is 5.32 Å². The van der Waals surface area contributed by atoms with E-state index in [-0.39, 0.29) is 23.6 Å². The number of hydrogen-bond donors (Lipinski definition) is 2. The molecule has 0 bridgehead atoms. The lowest BCUT2D eigenvalue weighted by atomic mass is 10.1. The van der Waals surface area contributed by atoms with Gasteiger partial charge in [0.2, 0.25) is 0 Å². The number of nitrogens with one attached hydrogen (secondary N) is 2. The monoisotopic (exact) mass is 364 g/mol. The Hall–Kier alpha value is -3.55. The first kappa shape index (κ1) is 18.2. The lowest BCUT2D eigenvalue weighted by Crippen LogP contribution is -2.30. The van der Waals surface area contributed by atoms with Crippen molar-refractivity contribution in [3.05, 3.63) is 72.1 Å². The summed E-state index contributed by atoms with van der Waals surface area (Å²) in [6, 6.07) is 7.44. The summed E-state index contributed by atoms with van der Waals surface area (Å²) in [5.74, 6) is -0.459. The lowest BCUT2D eigenvalue weighted by Gasteiger charge is -2.09. The molecular weight excluding hydrogens is 344 g/mol. The molecule has 3 rings (SSSR count). The van der Waals surface area contributed by atoms with Crippen LogP contribution in [0.2, 0.25) is 0 Å². The van der Waals surface area contributed by atoms with Gasteiger partial charge in [-0.1, -0.05) is 12.1 Å². The minimum atomic E-state index is -0.352. The fraction of sp³-hybridized carbons (Fsp3) is 0.211. The molecule has 8 heteroatoms. The number of aromatic nitrogens is 4. The van der Waals surface area contributed by atoms with Gasteiger partial charge in [0.1, 0.15) is 5.69 Å². The predicted octanol–water partition coefficient (Wildman–Crippen LogP) is 2.11. The number of anilines is 1. The van der Waals surface area contributed by atoms with Crippen LogP contribution in [0.5, 0.6) is 0 Å². The van der Waals surface area contributed by atoms with Crippen molar-refractivity contribution in [3.63, 3.8) is 0 Å². The van der Waals surface area contributed by atoms with Crippen LogP contribution in [-0.4, -0.2) is 37.6 Å². The minimum absolute atomic E-state index is 0.0766. The summed E-state index contributed by atoms with van der Waals surface area (Å²) in [4.78, 5) is 32.1. The van der Waals surface area contributed by atoms with Crippen LogP contribution in [0.3, 0.4) is 0 Å². The maximum atomic E-state index is 12.1. The number of benzene rings is 1. The quantitative estimate of drug-likeness (QED) is 0.697. The molecule has 0 radical (unpaired) electrons. The van der Waals surface area contributed by atoms with Crippen LogP contribution in [0.15, 0.2) is 55.2 Å². The van der Waals surface area contributed by atoms with Crippen molar-refractivity contribution < 1.29 is 9.59 Å². The van der Waals surface area contributed by atoms with E-state index in [2.05, 4.69) is 25.7 Å². The average molecular weight is 364 g/mol. The third kappa shape index (κ3) is 4.97. The van der Waals surface area contributed by atoms with Crippen LogP contribution >= 0.6 is 0 Å². The fourth-order valence-corrected chi connectivity index (χ4v) is 2.47. The Bertz CT molecular complexity index is 936. The van der Waals surface area contributed by atoms with Gasteiger partial charge in [-0.25, -0.2) is 4.98 Å². The highest BCUT2D eigenvalue weighted by Gasteiger charge is 2.10. The molecule has 0 aliphatic heterocycles. The number of carbonyl (C=O) groups excluding carboxylic acids is 2. The molecule has 0 atom stereocenters. The minimum Gasteiger partial charge on any atom is -0.350 e. The first-order valence-electron chi connectivity index (χ1n) is 8.51. The number of amides is 2. The Labute approximate surface area is 156 Å². The zero-order chi connectivity index (χ0) is 19.2. The molecule has 0 unspecified atom stereocenters. The SMILES string of the molecule is CC(C)NC(=O)c1cccc(Cn2cc(NC(=O)c3cnccn3)cn2)c1. The summed E-state index contributed by atoms with van der Waals surface area (Å²) in [6.07, 6.45) is 7.64. The molecule has 2 heterocycles. The maximum absolute atomic E-state index is 12.1. The number of carbonyl (C=O) groups is 2. The lowest BCUT2D eigenvalue weighted by molar-refractivity contribution is 0.0942. The molecule has 1 aromatic carbocycles. The van der Waals surface area contributed by atoms with Gasteiger partial charge >= 0.3 is 0 Å². The van der Waals surface area contributed by atoms with Crippen LogP contribution in [-0.2, 0) is 6.54 Å². The van der Waals surface area contributed by atoms with Gasteiger partial charge < -0.3 is 10.6 Å². The normalized spacial score (nSPS) is 10.6. The molecule has 0 aliphatic rings. The predicted molar refractivity (Wildman–Crippen MR) is 100 cm³/mol. The molecular formula is C19H20N6O2. The Kier molecular flexibility index (Phi) is 5.55. The van der Waals surface area contributed by atoms with Crippen LogP contribution in [0.1, 0.15) is 40.3 Å². The Morgan fingerprint density at radius 1 is 1.15 bits per heavy atom. The molecule has 0 saturated heterocycles. The van der Waals surface area contributed by atoms with E-state index in [0.29, 0.717) is 17.8 Å². The van der Waals surface area contributed by atoms with E-state index < -0.39 is 0 Å². The Morgan fingerprint density at radius 3 is 2.74 bits per heavy atom. The van der Waals surface area contributed by atoms with Crippen molar-refractivity contribution in [3.8, 4) is 0 Å². The maximum Gasteiger partial charge on any atom is 0.275 e. The highest BCUT2D eigenvalue weighted by atomic mass is 16.2. The summed E-state index contributed by atoms with van der Waals surface area (Å²) in [6.45, 7) is 4.31. The van der Waals surface area contributed by atoms with Gasteiger partial charge in [0.05, 0.1) is 24.6 Å². The van der Waals surface area contributed by atoms with Crippen LogP contribution in [0.25, 0.3) is 0 Å². The second kappa shape index (κ2) is 8.22. The number of hydrogen-bond acceptors (Lipinski definition) is 5. The van der Waals surface area contributed by atoms with Crippen molar-refractivity contribution >= 4 is 17.5 Å². The molecule has 0 aliphatic carbocycles. The van der Waals surface area contributed by atoms with E-state index in [9.17, 15) is 9.59 Å². The third-order valence-electron chi connectivity index (χ3n) is 3.64. The van der Waals surface area contributed by atoms with E-state index in [0.717, 1.165) is 5.56 Å². The Balaban J connectivity index is 1.66. The summed E-state index contributed by atoms with van der Waals surface area (Å²) in [5, 5.41) is 9.84. The van der Waals surface area contributed by atoms with Gasteiger partial charge in [0.25, 0.3) is 11.8 Å². The zero-order valence-corrected chi connectivity index (χ0v) is 15.1. The average Bonchev–Trinajstić information content (AvgIpc) is 3.09. The fourth-order valence-electron chi connectivity index (χ4n) is 2.47. The largest absolute Gasteiger partial charge is 0.350 e. The summed E-state index contributed by atoms with van der Waals surface area (Å²) in [7, 11) is 0. The van der Waals surface area contributed by atoms with Crippen molar-refractivity contribution in [1.29, 1.82) is 0 Å². The second-order valence-electron chi connectivity index (χ2n) is 6.30. The van der Waals surface area contributed by atoms with Gasteiger partial charge in [-0.2, -0.15) is 5.10 Å². The topological polar surface area (TPSA) is 102 Å². The molecule has 3 aromatic rings. The van der Waals surface area contributed by atoms with E-state index in [1.165, 1.54) is 18.6 Å². The first-order chi connectivity index (χ1) is 13.0. The standard InChI is InChI=1S/C19H20N6O2/c1-13(2)23-18(26)15-5-3-4-14(8-15)11-25-12-16(9-22-25)24-19(27)17-10-20-6-7-21-17/h3-10,12-13H,11H2,1-2H3,(H,23,26)(H,24,27).